The zero-order valence-electron chi connectivity index (χ0n) is 8.35. The Hall–Kier alpha value is -1.04. The molecule has 15 heavy (non-hydrogen) atoms. The Morgan fingerprint density at radius 1 is 1.33 bits per heavy atom. The van der Waals surface area contributed by atoms with Crippen LogP contribution in [0.5, 0.6) is 5.88 Å². The van der Waals surface area contributed by atoms with Gasteiger partial charge in [0, 0.05) is 6.07 Å². The van der Waals surface area contributed by atoms with E-state index >= 15 is 0 Å². The predicted molar refractivity (Wildman–Crippen MR) is 67.5 cm³/mol. The summed E-state index contributed by atoms with van der Waals surface area (Å²) < 4.78 is 8.25. The van der Waals surface area contributed by atoms with E-state index in [1.54, 1.807) is 0 Å². The van der Waals surface area contributed by atoms with Gasteiger partial charge in [-0.2, -0.15) is 5.10 Å². The summed E-state index contributed by atoms with van der Waals surface area (Å²) in [6.07, 6.45) is 0. The van der Waals surface area contributed by atoms with Crippen LogP contribution in [-0.2, 0) is 0 Å². The lowest BCUT2D eigenvalue weighted by Crippen LogP contribution is -2.02. The first-order valence-corrected chi connectivity index (χ1v) is 5.83. The highest BCUT2D eigenvalue weighted by molar-refractivity contribution is 14.1. The number of rotatable bonds is 3. The maximum absolute atomic E-state index is 5.51. The number of benzene rings is 1. The maximum atomic E-state index is 5.51. The molecule has 4 heteroatoms. The van der Waals surface area contributed by atoms with E-state index in [0.717, 1.165) is 15.3 Å². The van der Waals surface area contributed by atoms with Gasteiger partial charge in [0.2, 0.25) is 5.88 Å². The zero-order chi connectivity index (χ0) is 10.7. The van der Waals surface area contributed by atoms with Gasteiger partial charge in [-0.3, -0.25) is 0 Å². The minimum absolute atomic E-state index is 0.647. The summed E-state index contributed by atoms with van der Waals surface area (Å²) >= 11 is 2.18. The van der Waals surface area contributed by atoms with Gasteiger partial charge in [-0.05, 0) is 41.6 Å². The van der Waals surface area contributed by atoms with Gasteiger partial charge in [0.25, 0.3) is 0 Å². The summed E-state index contributed by atoms with van der Waals surface area (Å²) in [6, 6.07) is 11.9. The number of para-hydroxylation sites is 1. The molecule has 1 heterocycles. The van der Waals surface area contributed by atoms with Crippen molar-refractivity contribution in [3.8, 4) is 11.6 Å². The Morgan fingerprint density at radius 3 is 2.73 bits per heavy atom. The molecule has 0 unspecified atom stereocenters. The van der Waals surface area contributed by atoms with Crippen molar-refractivity contribution in [1.29, 1.82) is 0 Å². The van der Waals surface area contributed by atoms with E-state index in [9.17, 15) is 0 Å². The lowest BCUT2D eigenvalue weighted by atomic mass is 10.3. The summed E-state index contributed by atoms with van der Waals surface area (Å²) in [4.78, 5) is 0. The van der Waals surface area contributed by atoms with Gasteiger partial charge in [0.1, 0.15) is 3.70 Å². The molecule has 1 aromatic heterocycles. The quantitative estimate of drug-likeness (QED) is 0.815. The zero-order valence-corrected chi connectivity index (χ0v) is 10.5. The van der Waals surface area contributed by atoms with Crippen LogP contribution < -0.4 is 4.74 Å². The Bertz CT molecular complexity index is 439. The number of ether oxygens (including phenoxy) is 1. The van der Waals surface area contributed by atoms with Crippen LogP contribution in [0.15, 0.2) is 36.4 Å². The SMILES string of the molecule is CCOc1cc(I)nn1-c1ccccc1. The van der Waals surface area contributed by atoms with E-state index in [-0.39, 0.29) is 0 Å². The molecule has 0 fully saturated rings. The molecular weight excluding hydrogens is 303 g/mol. The molecule has 78 valence electrons. The topological polar surface area (TPSA) is 27.1 Å². The third-order valence-corrected chi connectivity index (χ3v) is 2.47. The fourth-order valence-corrected chi connectivity index (χ4v) is 1.82. The molecule has 0 N–H and O–H groups in total. The average molecular weight is 314 g/mol. The molecule has 0 bridgehead atoms. The van der Waals surface area contributed by atoms with Gasteiger partial charge < -0.3 is 4.74 Å². The number of aromatic nitrogens is 2. The van der Waals surface area contributed by atoms with Crippen molar-refractivity contribution in [2.45, 2.75) is 6.92 Å². The van der Waals surface area contributed by atoms with E-state index in [1.807, 2.05) is 48.0 Å². The lowest BCUT2D eigenvalue weighted by molar-refractivity contribution is 0.316. The van der Waals surface area contributed by atoms with Crippen molar-refractivity contribution in [2.24, 2.45) is 0 Å². The largest absolute Gasteiger partial charge is 0.478 e. The summed E-state index contributed by atoms with van der Waals surface area (Å²) in [5, 5.41) is 4.38. The van der Waals surface area contributed by atoms with E-state index in [2.05, 4.69) is 27.7 Å². The highest BCUT2D eigenvalue weighted by atomic mass is 127. The predicted octanol–water partition coefficient (Wildman–Crippen LogP) is 2.88. The summed E-state index contributed by atoms with van der Waals surface area (Å²) in [6.45, 7) is 2.61. The average Bonchev–Trinajstić information content (AvgIpc) is 2.62. The molecule has 0 saturated heterocycles. The van der Waals surface area contributed by atoms with Crippen molar-refractivity contribution in [2.75, 3.05) is 6.61 Å². The van der Waals surface area contributed by atoms with Crippen molar-refractivity contribution in [1.82, 2.24) is 9.78 Å². The van der Waals surface area contributed by atoms with E-state index in [1.165, 1.54) is 0 Å². The van der Waals surface area contributed by atoms with Crippen LogP contribution in [0.2, 0.25) is 0 Å². The van der Waals surface area contributed by atoms with Crippen molar-refractivity contribution >= 4 is 22.6 Å². The van der Waals surface area contributed by atoms with Crippen LogP contribution in [0.25, 0.3) is 5.69 Å². The molecule has 0 amide bonds. The second-order valence-corrected chi connectivity index (χ2v) is 4.09. The molecule has 2 aromatic rings. The summed E-state index contributed by atoms with van der Waals surface area (Å²) in [7, 11) is 0. The number of nitrogens with zero attached hydrogens (tertiary/aromatic N) is 2. The van der Waals surface area contributed by atoms with Gasteiger partial charge >= 0.3 is 0 Å². The smallest absolute Gasteiger partial charge is 0.217 e. The van der Waals surface area contributed by atoms with Crippen LogP contribution in [0.4, 0.5) is 0 Å². The van der Waals surface area contributed by atoms with Crippen molar-refractivity contribution < 1.29 is 4.74 Å². The first-order chi connectivity index (χ1) is 7.31. The Kier molecular flexibility index (Phi) is 3.25. The number of halogens is 1. The van der Waals surface area contributed by atoms with Gasteiger partial charge in [-0.15, -0.1) is 0 Å². The van der Waals surface area contributed by atoms with E-state index in [0.29, 0.717) is 6.61 Å². The summed E-state index contributed by atoms with van der Waals surface area (Å²) in [5.74, 6) is 0.785. The molecule has 0 spiro atoms. The third kappa shape index (κ3) is 2.31. The standard InChI is InChI=1S/C11H11IN2O/c1-2-15-11-8-10(12)13-14(11)9-6-4-3-5-7-9/h3-8H,2H2,1H3. The molecule has 0 aliphatic carbocycles. The lowest BCUT2D eigenvalue weighted by Gasteiger charge is -2.06. The fraction of sp³-hybridized carbons (Fsp3) is 0.182. The molecule has 2 rings (SSSR count). The normalized spacial score (nSPS) is 10.3. The third-order valence-electron chi connectivity index (χ3n) is 1.94. The first kappa shape index (κ1) is 10.5. The van der Waals surface area contributed by atoms with Gasteiger partial charge in [0.05, 0.1) is 12.3 Å². The van der Waals surface area contributed by atoms with Crippen LogP contribution in [-0.4, -0.2) is 16.4 Å². The second kappa shape index (κ2) is 4.65. The molecular formula is C11H11IN2O. The van der Waals surface area contributed by atoms with Crippen molar-refractivity contribution in [3.63, 3.8) is 0 Å². The Balaban J connectivity index is 2.43. The molecule has 0 aliphatic rings. The van der Waals surface area contributed by atoms with Gasteiger partial charge in [-0.1, -0.05) is 18.2 Å². The molecule has 1 aromatic carbocycles. The molecule has 0 radical (unpaired) electrons. The van der Waals surface area contributed by atoms with Gasteiger partial charge in [-0.25, -0.2) is 4.68 Å². The maximum Gasteiger partial charge on any atom is 0.217 e. The number of hydrogen-bond acceptors (Lipinski definition) is 2. The van der Waals surface area contributed by atoms with E-state index in [4.69, 9.17) is 4.74 Å². The summed E-state index contributed by atoms with van der Waals surface area (Å²) in [5.41, 5.74) is 1.02. The van der Waals surface area contributed by atoms with E-state index < -0.39 is 0 Å². The minimum Gasteiger partial charge on any atom is -0.478 e. The highest BCUT2D eigenvalue weighted by Crippen LogP contribution is 2.20. The first-order valence-electron chi connectivity index (χ1n) is 4.75. The Morgan fingerprint density at radius 2 is 2.07 bits per heavy atom. The van der Waals surface area contributed by atoms with Crippen LogP contribution >= 0.6 is 22.6 Å². The number of hydrogen-bond donors (Lipinski definition) is 0. The van der Waals surface area contributed by atoms with Crippen molar-refractivity contribution in [3.05, 3.63) is 40.1 Å². The second-order valence-electron chi connectivity index (χ2n) is 2.99. The fourth-order valence-electron chi connectivity index (χ4n) is 1.34. The highest BCUT2D eigenvalue weighted by Gasteiger charge is 2.07. The van der Waals surface area contributed by atoms with Crippen LogP contribution in [0.3, 0.4) is 0 Å². The molecule has 0 atom stereocenters. The van der Waals surface area contributed by atoms with Crippen LogP contribution in [0, 0.1) is 3.70 Å². The Labute approximate surface area is 102 Å². The molecule has 3 nitrogen and oxygen atoms in total. The molecule has 0 aliphatic heterocycles. The van der Waals surface area contributed by atoms with Crippen LogP contribution in [0.1, 0.15) is 6.92 Å². The monoisotopic (exact) mass is 314 g/mol. The molecule has 0 saturated carbocycles. The van der Waals surface area contributed by atoms with Gasteiger partial charge in [0.15, 0.2) is 0 Å². The minimum atomic E-state index is 0.647.